The number of aromatic amines is 1. The van der Waals surface area contributed by atoms with Gasteiger partial charge in [0.05, 0.1) is 17.6 Å². The van der Waals surface area contributed by atoms with Crippen LogP contribution in [0.5, 0.6) is 5.75 Å². The molecule has 0 aliphatic rings. The molecule has 2 nitrogen and oxygen atoms in total. The molecule has 1 aromatic carbocycles. The number of nitrogens with one attached hydrogen (secondary N) is 1. The fourth-order valence-electron chi connectivity index (χ4n) is 1.58. The summed E-state index contributed by atoms with van der Waals surface area (Å²) in [5.41, 5.74) is 2.16. The molecule has 0 saturated heterocycles. The zero-order valence-corrected chi connectivity index (χ0v) is 8.98. The van der Waals surface area contributed by atoms with Crippen LogP contribution in [0.25, 0.3) is 10.9 Å². The number of hydrogen-bond acceptors (Lipinski definition) is 1. The SMILES string of the molecule is CCc1cc2c(Cl)ccc(OC)c2[nH]1. The van der Waals surface area contributed by atoms with Crippen LogP contribution in [0.4, 0.5) is 0 Å². The van der Waals surface area contributed by atoms with Gasteiger partial charge < -0.3 is 9.72 Å². The Labute approximate surface area is 87.8 Å². The summed E-state index contributed by atoms with van der Waals surface area (Å²) in [6, 6.07) is 5.80. The van der Waals surface area contributed by atoms with Crippen molar-refractivity contribution in [2.75, 3.05) is 7.11 Å². The number of H-pyrrole nitrogens is 1. The van der Waals surface area contributed by atoms with Crippen LogP contribution in [0.15, 0.2) is 18.2 Å². The van der Waals surface area contributed by atoms with Crippen molar-refractivity contribution < 1.29 is 4.74 Å². The number of benzene rings is 1. The van der Waals surface area contributed by atoms with E-state index < -0.39 is 0 Å². The smallest absolute Gasteiger partial charge is 0.143 e. The van der Waals surface area contributed by atoms with Crippen molar-refractivity contribution >= 4 is 22.5 Å². The molecule has 3 heteroatoms. The molecular weight excluding hydrogens is 198 g/mol. The monoisotopic (exact) mass is 209 g/mol. The molecule has 0 spiro atoms. The molecule has 2 rings (SSSR count). The third-order valence-electron chi connectivity index (χ3n) is 2.36. The normalized spacial score (nSPS) is 10.8. The highest BCUT2D eigenvalue weighted by atomic mass is 35.5. The summed E-state index contributed by atoms with van der Waals surface area (Å²) < 4.78 is 5.25. The molecule has 0 bridgehead atoms. The van der Waals surface area contributed by atoms with E-state index in [2.05, 4.69) is 18.0 Å². The Morgan fingerprint density at radius 2 is 2.21 bits per heavy atom. The van der Waals surface area contributed by atoms with E-state index in [1.807, 2.05) is 12.1 Å². The first kappa shape index (κ1) is 9.41. The van der Waals surface area contributed by atoms with E-state index in [0.29, 0.717) is 0 Å². The largest absolute Gasteiger partial charge is 0.495 e. The molecule has 0 aliphatic heterocycles. The Hall–Kier alpha value is -1.15. The minimum Gasteiger partial charge on any atom is -0.495 e. The summed E-state index contributed by atoms with van der Waals surface area (Å²) in [6.45, 7) is 2.10. The van der Waals surface area contributed by atoms with E-state index >= 15 is 0 Å². The van der Waals surface area contributed by atoms with Gasteiger partial charge in [0.25, 0.3) is 0 Å². The number of hydrogen-bond donors (Lipinski definition) is 1. The Morgan fingerprint density at radius 1 is 1.43 bits per heavy atom. The van der Waals surface area contributed by atoms with Crippen molar-refractivity contribution in [2.24, 2.45) is 0 Å². The lowest BCUT2D eigenvalue weighted by Crippen LogP contribution is -1.84. The summed E-state index contributed by atoms with van der Waals surface area (Å²) in [5.74, 6) is 0.837. The van der Waals surface area contributed by atoms with Crippen molar-refractivity contribution in [3.8, 4) is 5.75 Å². The zero-order valence-electron chi connectivity index (χ0n) is 8.23. The molecule has 0 fully saturated rings. The summed E-state index contributed by atoms with van der Waals surface area (Å²) in [7, 11) is 1.66. The minimum atomic E-state index is 0.761. The molecule has 0 atom stereocenters. The maximum Gasteiger partial charge on any atom is 0.143 e. The Balaban J connectivity index is 2.74. The second kappa shape index (κ2) is 3.54. The number of methoxy groups -OCH3 is 1. The topological polar surface area (TPSA) is 25.0 Å². The van der Waals surface area contributed by atoms with Crippen molar-refractivity contribution in [3.63, 3.8) is 0 Å². The quantitative estimate of drug-likeness (QED) is 0.806. The van der Waals surface area contributed by atoms with E-state index in [4.69, 9.17) is 16.3 Å². The van der Waals surface area contributed by atoms with Crippen LogP contribution in [-0.4, -0.2) is 12.1 Å². The maximum atomic E-state index is 6.08. The van der Waals surface area contributed by atoms with Gasteiger partial charge in [-0.1, -0.05) is 18.5 Å². The lowest BCUT2D eigenvalue weighted by atomic mass is 10.2. The van der Waals surface area contributed by atoms with Crippen LogP contribution in [-0.2, 0) is 6.42 Å². The number of aromatic nitrogens is 1. The van der Waals surface area contributed by atoms with E-state index in [1.165, 1.54) is 5.69 Å². The third kappa shape index (κ3) is 1.36. The molecule has 0 amide bonds. The summed E-state index contributed by atoms with van der Waals surface area (Å²) >= 11 is 6.08. The first-order valence-electron chi connectivity index (χ1n) is 4.60. The van der Waals surface area contributed by atoms with Gasteiger partial charge in [0.2, 0.25) is 0 Å². The van der Waals surface area contributed by atoms with Gasteiger partial charge in [-0.15, -0.1) is 0 Å². The summed E-state index contributed by atoms with van der Waals surface area (Å²) in [6.07, 6.45) is 0.966. The Morgan fingerprint density at radius 3 is 2.86 bits per heavy atom. The summed E-state index contributed by atoms with van der Waals surface area (Å²) in [4.78, 5) is 3.30. The average molecular weight is 210 g/mol. The van der Waals surface area contributed by atoms with Crippen LogP contribution in [0.3, 0.4) is 0 Å². The van der Waals surface area contributed by atoms with E-state index in [1.54, 1.807) is 7.11 Å². The van der Waals surface area contributed by atoms with Crippen LogP contribution < -0.4 is 4.74 Å². The van der Waals surface area contributed by atoms with Crippen LogP contribution in [0.2, 0.25) is 5.02 Å². The number of ether oxygens (including phenoxy) is 1. The first-order chi connectivity index (χ1) is 6.76. The molecule has 0 radical (unpaired) electrons. The first-order valence-corrected chi connectivity index (χ1v) is 4.98. The van der Waals surface area contributed by atoms with Crippen LogP contribution in [0.1, 0.15) is 12.6 Å². The number of fused-ring (bicyclic) bond motifs is 1. The lowest BCUT2D eigenvalue weighted by Gasteiger charge is -2.01. The summed E-state index contributed by atoms with van der Waals surface area (Å²) in [5, 5.41) is 1.79. The van der Waals surface area contributed by atoms with Gasteiger partial charge in [0.15, 0.2) is 0 Å². The number of aryl methyl sites for hydroxylation is 1. The van der Waals surface area contributed by atoms with Gasteiger partial charge in [-0.3, -0.25) is 0 Å². The maximum absolute atomic E-state index is 6.08. The molecule has 1 aromatic heterocycles. The van der Waals surface area contributed by atoms with Gasteiger partial charge >= 0.3 is 0 Å². The minimum absolute atomic E-state index is 0.761. The predicted octanol–water partition coefficient (Wildman–Crippen LogP) is 3.39. The highest BCUT2D eigenvalue weighted by molar-refractivity contribution is 6.35. The molecule has 14 heavy (non-hydrogen) atoms. The predicted molar refractivity (Wildman–Crippen MR) is 59.2 cm³/mol. The fourth-order valence-corrected chi connectivity index (χ4v) is 1.79. The van der Waals surface area contributed by atoms with Crippen LogP contribution in [0, 0.1) is 0 Å². The third-order valence-corrected chi connectivity index (χ3v) is 2.69. The molecule has 0 unspecified atom stereocenters. The van der Waals surface area contributed by atoms with Crippen molar-refractivity contribution in [2.45, 2.75) is 13.3 Å². The fraction of sp³-hybridized carbons (Fsp3) is 0.273. The lowest BCUT2D eigenvalue weighted by molar-refractivity contribution is 0.419. The van der Waals surface area contributed by atoms with Gasteiger partial charge in [-0.25, -0.2) is 0 Å². The standard InChI is InChI=1S/C11H12ClNO/c1-3-7-6-8-9(12)4-5-10(14-2)11(8)13-7/h4-6,13H,3H2,1-2H3. The molecule has 2 aromatic rings. The van der Waals surface area contributed by atoms with E-state index in [-0.39, 0.29) is 0 Å². The van der Waals surface area contributed by atoms with E-state index in [9.17, 15) is 0 Å². The van der Waals surface area contributed by atoms with Crippen molar-refractivity contribution in [3.05, 3.63) is 28.9 Å². The number of halogens is 1. The van der Waals surface area contributed by atoms with Gasteiger partial charge in [-0.2, -0.15) is 0 Å². The zero-order chi connectivity index (χ0) is 10.1. The molecule has 0 saturated carbocycles. The average Bonchev–Trinajstić information content (AvgIpc) is 2.63. The molecular formula is C11H12ClNO. The second-order valence-corrected chi connectivity index (χ2v) is 3.59. The van der Waals surface area contributed by atoms with Crippen LogP contribution >= 0.6 is 11.6 Å². The van der Waals surface area contributed by atoms with Gasteiger partial charge in [0.1, 0.15) is 5.75 Å². The molecule has 1 N–H and O–H groups in total. The highest BCUT2D eigenvalue weighted by Crippen LogP contribution is 2.31. The highest BCUT2D eigenvalue weighted by Gasteiger charge is 2.08. The molecule has 0 aliphatic carbocycles. The Kier molecular flexibility index (Phi) is 2.38. The number of rotatable bonds is 2. The molecule has 74 valence electrons. The van der Waals surface area contributed by atoms with Crippen molar-refractivity contribution in [1.29, 1.82) is 0 Å². The van der Waals surface area contributed by atoms with E-state index in [0.717, 1.165) is 28.1 Å². The Bertz CT molecular complexity index is 462. The van der Waals surface area contributed by atoms with Gasteiger partial charge in [-0.05, 0) is 24.6 Å². The second-order valence-electron chi connectivity index (χ2n) is 3.19. The molecule has 1 heterocycles. The van der Waals surface area contributed by atoms with Gasteiger partial charge in [0, 0.05) is 11.1 Å². The van der Waals surface area contributed by atoms with Crippen molar-refractivity contribution in [1.82, 2.24) is 4.98 Å².